The molecule has 1 nitrogen and oxygen atoms in total. The van der Waals surface area contributed by atoms with Crippen molar-refractivity contribution in [1.29, 1.82) is 0 Å². The highest BCUT2D eigenvalue weighted by Crippen LogP contribution is 2.47. The lowest BCUT2D eigenvalue weighted by Gasteiger charge is -2.17. The summed E-state index contributed by atoms with van der Waals surface area (Å²) in [6.45, 7) is 8.97. The zero-order valence-electron chi connectivity index (χ0n) is 11.4. The summed E-state index contributed by atoms with van der Waals surface area (Å²) in [5.74, 6) is 0.688. The average Bonchev–Trinajstić information content (AvgIpc) is 3.17. The van der Waals surface area contributed by atoms with Gasteiger partial charge in [0, 0.05) is 12.0 Å². The van der Waals surface area contributed by atoms with E-state index in [0.717, 1.165) is 13.1 Å². The molecule has 1 fully saturated rings. The largest absolute Gasteiger partial charge is 0.316 e. The smallest absolute Gasteiger partial charge is 0.00784 e. The molecule has 1 atom stereocenters. The Balaban J connectivity index is 2.07. The molecule has 1 aliphatic carbocycles. The van der Waals surface area contributed by atoms with E-state index in [2.05, 4.69) is 50.4 Å². The Labute approximate surface area is 106 Å². The van der Waals surface area contributed by atoms with Crippen molar-refractivity contribution < 1.29 is 0 Å². The van der Waals surface area contributed by atoms with E-state index in [4.69, 9.17) is 0 Å². The first-order valence-corrected chi connectivity index (χ1v) is 7.03. The Hall–Kier alpha value is -0.820. The molecule has 1 heteroatoms. The first kappa shape index (κ1) is 12.6. The predicted molar refractivity (Wildman–Crippen MR) is 74.6 cm³/mol. The number of hydrogen-bond donors (Lipinski definition) is 1. The van der Waals surface area contributed by atoms with Gasteiger partial charge in [0.1, 0.15) is 0 Å². The second-order valence-corrected chi connectivity index (χ2v) is 5.49. The van der Waals surface area contributed by atoms with Crippen molar-refractivity contribution in [2.75, 3.05) is 13.1 Å². The van der Waals surface area contributed by atoms with E-state index in [1.165, 1.54) is 30.4 Å². The van der Waals surface area contributed by atoms with Crippen molar-refractivity contribution in [2.24, 2.45) is 0 Å². The fourth-order valence-electron chi connectivity index (χ4n) is 2.48. The van der Waals surface area contributed by atoms with E-state index in [1.54, 1.807) is 0 Å². The van der Waals surface area contributed by atoms with Gasteiger partial charge >= 0.3 is 0 Å². The summed E-state index contributed by atoms with van der Waals surface area (Å²) >= 11 is 0. The number of nitrogens with one attached hydrogen (secondary N) is 1. The third-order valence-electron chi connectivity index (χ3n) is 4.27. The SMILES string of the molecule is CCNCC1(c2ccc(C(C)CC)cc2)CC1. The molecule has 0 amide bonds. The Bertz CT molecular complexity index is 348. The van der Waals surface area contributed by atoms with Gasteiger partial charge in [-0.15, -0.1) is 0 Å². The molecular weight excluding hydrogens is 206 g/mol. The highest BCUT2D eigenvalue weighted by atomic mass is 14.9. The van der Waals surface area contributed by atoms with Crippen LogP contribution in [0.2, 0.25) is 0 Å². The van der Waals surface area contributed by atoms with Gasteiger partial charge in [-0.1, -0.05) is 45.0 Å². The van der Waals surface area contributed by atoms with Crippen LogP contribution in [0, 0.1) is 0 Å². The van der Waals surface area contributed by atoms with E-state index >= 15 is 0 Å². The molecular formula is C16H25N. The third-order valence-corrected chi connectivity index (χ3v) is 4.27. The summed E-state index contributed by atoms with van der Waals surface area (Å²) in [5, 5.41) is 3.50. The second kappa shape index (κ2) is 5.22. The van der Waals surface area contributed by atoms with Crippen LogP contribution in [0.1, 0.15) is 57.1 Å². The van der Waals surface area contributed by atoms with Crippen LogP contribution < -0.4 is 5.32 Å². The van der Waals surface area contributed by atoms with E-state index in [9.17, 15) is 0 Å². The zero-order valence-corrected chi connectivity index (χ0v) is 11.4. The topological polar surface area (TPSA) is 12.0 Å². The maximum absolute atomic E-state index is 3.50. The number of likely N-dealkylation sites (N-methyl/N-ethyl adjacent to an activating group) is 1. The van der Waals surface area contributed by atoms with Crippen molar-refractivity contribution >= 4 is 0 Å². The first-order chi connectivity index (χ1) is 8.22. The monoisotopic (exact) mass is 231 g/mol. The fourth-order valence-corrected chi connectivity index (χ4v) is 2.48. The normalized spacial score (nSPS) is 19.0. The van der Waals surface area contributed by atoms with Gasteiger partial charge in [0.05, 0.1) is 0 Å². The molecule has 0 spiro atoms. The molecule has 2 rings (SSSR count). The molecule has 94 valence electrons. The van der Waals surface area contributed by atoms with Gasteiger partial charge in [-0.25, -0.2) is 0 Å². The van der Waals surface area contributed by atoms with Gasteiger partial charge in [0.25, 0.3) is 0 Å². The van der Waals surface area contributed by atoms with Crippen LogP contribution in [0.3, 0.4) is 0 Å². The lowest BCUT2D eigenvalue weighted by molar-refractivity contribution is 0.590. The minimum absolute atomic E-state index is 0.462. The van der Waals surface area contributed by atoms with Crippen LogP contribution in [-0.4, -0.2) is 13.1 Å². The molecule has 1 N–H and O–H groups in total. The number of rotatable bonds is 6. The van der Waals surface area contributed by atoms with Crippen LogP contribution in [0.5, 0.6) is 0 Å². The molecule has 1 aromatic carbocycles. The maximum Gasteiger partial charge on any atom is 0.00784 e. The molecule has 0 aliphatic heterocycles. The Kier molecular flexibility index (Phi) is 3.88. The van der Waals surface area contributed by atoms with Gasteiger partial charge in [-0.05, 0) is 42.9 Å². The van der Waals surface area contributed by atoms with Crippen molar-refractivity contribution in [3.05, 3.63) is 35.4 Å². The van der Waals surface area contributed by atoms with Gasteiger partial charge in [0.15, 0.2) is 0 Å². The third kappa shape index (κ3) is 2.71. The molecule has 1 saturated carbocycles. The van der Waals surface area contributed by atoms with Crippen molar-refractivity contribution in [2.45, 2.75) is 51.4 Å². The van der Waals surface area contributed by atoms with Crippen LogP contribution in [0.15, 0.2) is 24.3 Å². The van der Waals surface area contributed by atoms with Crippen LogP contribution >= 0.6 is 0 Å². The summed E-state index contributed by atoms with van der Waals surface area (Å²) in [6, 6.07) is 9.36. The lowest BCUT2D eigenvalue weighted by Crippen LogP contribution is -2.26. The molecule has 0 heterocycles. The highest BCUT2D eigenvalue weighted by Gasteiger charge is 2.43. The predicted octanol–water partition coefficient (Wildman–Crippen LogP) is 3.84. The molecule has 1 aromatic rings. The lowest BCUT2D eigenvalue weighted by atomic mass is 9.91. The van der Waals surface area contributed by atoms with E-state index in [-0.39, 0.29) is 0 Å². The van der Waals surface area contributed by atoms with E-state index in [0.29, 0.717) is 11.3 Å². The Morgan fingerprint density at radius 3 is 2.29 bits per heavy atom. The van der Waals surface area contributed by atoms with Crippen LogP contribution in [0.4, 0.5) is 0 Å². The van der Waals surface area contributed by atoms with Crippen LogP contribution in [0.25, 0.3) is 0 Å². The summed E-state index contributed by atoms with van der Waals surface area (Å²) in [6.07, 6.45) is 3.92. The number of benzene rings is 1. The molecule has 1 unspecified atom stereocenters. The molecule has 0 bridgehead atoms. The minimum atomic E-state index is 0.462. The standard InChI is InChI=1S/C16H25N/c1-4-13(3)14-6-8-15(9-7-14)16(10-11-16)12-17-5-2/h6-9,13,17H,4-5,10-12H2,1-3H3. The number of hydrogen-bond acceptors (Lipinski definition) is 1. The molecule has 0 aromatic heterocycles. The van der Waals surface area contributed by atoms with Crippen molar-refractivity contribution in [3.63, 3.8) is 0 Å². The maximum atomic E-state index is 3.50. The summed E-state index contributed by atoms with van der Waals surface area (Å²) in [4.78, 5) is 0. The zero-order chi connectivity index (χ0) is 12.3. The molecule has 17 heavy (non-hydrogen) atoms. The van der Waals surface area contributed by atoms with E-state index in [1.807, 2.05) is 0 Å². The average molecular weight is 231 g/mol. The van der Waals surface area contributed by atoms with Gasteiger partial charge in [-0.2, -0.15) is 0 Å². The second-order valence-electron chi connectivity index (χ2n) is 5.49. The Morgan fingerprint density at radius 2 is 1.82 bits per heavy atom. The highest BCUT2D eigenvalue weighted by molar-refractivity contribution is 5.35. The van der Waals surface area contributed by atoms with Crippen molar-refractivity contribution in [1.82, 2.24) is 5.32 Å². The summed E-state index contributed by atoms with van der Waals surface area (Å²) in [5.41, 5.74) is 3.48. The van der Waals surface area contributed by atoms with Gasteiger partial charge < -0.3 is 5.32 Å². The van der Waals surface area contributed by atoms with Gasteiger partial charge in [-0.3, -0.25) is 0 Å². The minimum Gasteiger partial charge on any atom is -0.316 e. The Morgan fingerprint density at radius 1 is 1.18 bits per heavy atom. The summed E-state index contributed by atoms with van der Waals surface area (Å²) < 4.78 is 0. The molecule has 1 aliphatic rings. The van der Waals surface area contributed by atoms with E-state index < -0.39 is 0 Å². The molecule has 0 saturated heterocycles. The summed E-state index contributed by atoms with van der Waals surface area (Å²) in [7, 11) is 0. The first-order valence-electron chi connectivity index (χ1n) is 7.03. The molecule has 0 radical (unpaired) electrons. The van der Waals surface area contributed by atoms with Crippen molar-refractivity contribution in [3.8, 4) is 0 Å². The fraction of sp³-hybridized carbons (Fsp3) is 0.625. The van der Waals surface area contributed by atoms with Gasteiger partial charge in [0.2, 0.25) is 0 Å². The quantitative estimate of drug-likeness (QED) is 0.784. The van der Waals surface area contributed by atoms with Crippen LogP contribution in [-0.2, 0) is 5.41 Å².